The Morgan fingerprint density at radius 3 is 2.85 bits per heavy atom. The Kier molecular flexibility index (Phi) is 5.85. The summed E-state index contributed by atoms with van der Waals surface area (Å²) in [5.41, 5.74) is 6.30. The Labute approximate surface area is 121 Å². The van der Waals surface area contributed by atoms with E-state index >= 15 is 0 Å². The van der Waals surface area contributed by atoms with Crippen molar-refractivity contribution in [2.45, 2.75) is 19.3 Å². The van der Waals surface area contributed by atoms with Crippen molar-refractivity contribution in [3.63, 3.8) is 0 Å². The first-order chi connectivity index (χ1) is 9.81. The summed E-state index contributed by atoms with van der Waals surface area (Å²) < 4.78 is 5.73. The topological polar surface area (TPSA) is 62.3 Å². The van der Waals surface area contributed by atoms with Gasteiger partial charge in [-0.3, -0.25) is 4.90 Å². The molecule has 0 bridgehead atoms. The molecule has 1 atom stereocenters. The number of ether oxygens (including phenoxy) is 1. The molecule has 1 fully saturated rings. The second kappa shape index (κ2) is 7.88. The van der Waals surface area contributed by atoms with Crippen LogP contribution in [0.5, 0.6) is 5.75 Å². The molecule has 0 spiro atoms. The van der Waals surface area contributed by atoms with Gasteiger partial charge in [0, 0.05) is 13.1 Å². The Balaban J connectivity index is 1.71. The highest BCUT2D eigenvalue weighted by Crippen LogP contribution is 2.19. The van der Waals surface area contributed by atoms with Crippen LogP contribution in [0.1, 0.15) is 24.8 Å². The SMILES string of the molecule is N#Cc1ccc(OCCN2CCCC(CCN)C2)cc1. The molecular formula is C16H23N3O. The third-order valence-corrected chi connectivity index (χ3v) is 3.84. The molecule has 0 amide bonds. The van der Waals surface area contributed by atoms with Crippen LogP contribution < -0.4 is 10.5 Å². The van der Waals surface area contributed by atoms with E-state index in [-0.39, 0.29) is 0 Å². The molecular weight excluding hydrogens is 250 g/mol. The number of nitrogens with zero attached hydrogens (tertiary/aromatic N) is 2. The van der Waals surface area contributed by atoms with Crippen LogP contribution in [0, 0.1) is 17.2 Å². The van der Waals surface area contributed by atoms with Crippen molar-refractivity contribution in [2.75, 3.05) is 32.8 Å². The normalized spacial score (nSPS) is 19.5. The van der Waals surface area contributed by atoms with Crippen molar-refractivity contribution in [3.05, 3.63) is 29.8 Å². The molecule has 0 aromatic heterocycles. The van der Waals surface area contributed by atoms with E-state index in [1.807, 2.05) is 12.1 Å². The minimum atomic E-state index is 0.665. The third kappa shape index (κ3) is 4.52. The first kappa shape index (κ1) is 14.8. The van der Waals surface area contributed by atoms with Gasteiger partial charge < -0.3 is 10.5 Å². The van der Waals surface area contributed by atoms with Gasteiger partial charge >= 0.3 is 0 Å². The average Bonchev–Trinajstić information content (AvgIpc) is 2.49. The predicted molar refractivity (Wildman–Crippen MR) is 79.5 cm³/mol. The summed E-state index contributed by atoms with van der Waals surface area (Å²) >= 11 is 0. The van der Waals surface area contributed by atoms with Crippen LogP contribution in [0.15, 0.2) is 24.3 Å². The van der Waals surface area contributed by atoms with Crippen molar-refractivity contribution in [2.24, 2.45) is 11.7 Å². The van der Waals surface area contributed by atoms with Crippen molar-refractivity contribution in [3.8, 4) is 11.8 Å². The van der Waals surface area contributed by atoms with Crippen LogP contribution in [0.2, 0.25) is 0 Å². The summed E-state index contributed by atoms with van der Waals surface area (Å²) in [5, 5.41) is 8.74. The molecule has 20 heavy (non-hydrogen) atoms. The zero-order valence-corrected chi connectivity index (χ0v) is 11.9. The van der Waals surface area contributed by atoms with Gasteiger partial charge in [0.05, 0.1) is 11.6 Å². The number of benzene rings is 1. The lowest BCUT2D eigenvalue weighted by Crippen LogP contribution is -2.38. The summed E-state index contributed by atoms with van der Waals surface area (Å²) in [5.74, 6) is 1.59. The van der Waals surface area contributed by atoms with Gasteiger partial charge in [0.25, 0.3) is 0 Å². The zero-order valence-electron chi connectivity index (χ0n) is 11.9. The monoisotopic (exact) mass is 273 g/mol. The highest BCUT2D eigenvalue weighted by atomic mass is 16.5. The first-order valence-electron chi connectivity index (χ1n) is 7.37. The maximum atomic E-state index is 8.74. The minimum absolute atomic E-state index is 0.665. The van der Waals surface area contributed by atoms with Crippen LogP contribution in [-0.4, -0.2) is 37.7 Å². The smallest absolute Gasteiger partial charge is 0.119 e. The second-order valence-corrected chi connectivity index (χ2v) is 5.37. The average molecular weight is 273 g/mol. The van der Waals surface area contributed by atoms with Gasteiger partial charge in [-0.15, -0.1) is 0 Å². The highest BCUT2D eigenvalue weighted by Gasteiger charge is 2.18. The molecule has 1 heterocycles. The summed E-state index contributed by atoms with van der Waals surface area (Å²) in [4.78, 5) is 2.47. The summed E-state index contributed by atoms with van der Waals surface area (Å²) in [6.07, 6.45) is 3.71. The molecule has 1 aliphatic heterocycles. The summed E-state index contributed by atoms with van der Waals surface area (Å²) in [6, 6.07) is 9.38. The Morgan fingerprint density at radius 2 is 2.15 bits per heavy atom. The van der Waals surface area contributed by atoms with Crippen LogP contribution >= 0.6 is 0 Å². The molecule has 0 saturated carbocycles. The van der Waals surface area contributed by atoms with E-state index in [1.165, 1.54) is 12.8 Å². The molecule has 4 nitrogen and oxygen atoms in total. The maximum absolute atomic E-state index is 8.74. The largest absolute Gasteiger partial charge is 0.492 e. The van der Waals surface area contributed by atoms with E-state index in [4.69, 9.17) is 15.7 Å². The lowest BCUT2D eigenvalue weighted by molar-refractivity contribution is 0.144. The van der Waals surface area contributed by atoms with Gasteiger partial charge in [0.1, 0.15) is 12.4 Å². The molecule has 4 heteroatoms. The molecule has 1 aromatic carbocycles. The number of likely N-dealkylation sites (tertiary alicyclic amines) is 1. The fraction of sp³-hybridized carbons (Fsp3) is 0.562. The van der Waals surface area contributed by atoms with Crippen LogP contribution in [0.25, 0.3) is 0 Å². The third-order valence-electron chi connectivity index (χ3n) is 3.84. The molecule has 1 aliphatic rings. The summed E-state index contributed by atoms with van der Waals surface area (Å²) in [6.45, 7) is 4.76. The molecule has 108 valence electrons. The lowest BCUT2D eigenvalue weighted by Gasteiger charge is -2.32. The second-order valence-electron chi connectivity index (χ2n) is 5.37. The van der Waals surface area contributed by atoms with Gasteiger partial charge in [-0.1, -0.05) is 0 Å². The van der Waals surface area contributed by atoms with E-state index < -0.39 is 0 Å². The van der Waals surface area contributed by atoms with Gasteiger partial charge in [-0.05, 0) is 62.5 Å². The van der Waals surface area contributed by atoms with Gasteiger partial charge in [-0.25, -0.2) is 0 Å². The number of rotatable bonds is 6. The highest BCUT2D eigenvalue weighted by molar-refractivity contribution is 5.34. The van der Waals surface area contributed by atoms with Gasteiger partial charge in [-0.2, -0.15) is 5.26 Å². The van der Waals surface area contributed by atoms with Crippen molar-refractivity contribution < 1.29 is 4.74 Å². The number of nitrogens with two attached hydrogens (primary N) is 1. The maximum Gasteiger partial charge on any atom is 0.119 e. The zero-order chi connectivity index (χ0) is 14.2. The quantitative estimate of drug-likeness (QED) is 0.861. The Bertz CT molecular complexity index is 436. The minimum Gasteiger partial charge on any atom is -0.492 e. The molecule has 0 radical (unpaired) electrons. The van der Waals surface area contributed by atoms with Gasteiger partial charge in [0.2, 0.25) is 0 Å². The van der Waals surface area contributed by atoms with E-state index in [1.54, 1.807) is 12.1 Å². The van der Waals surface area contributed by atoms with Crippen LogP contribution in [0.4, 0.5) is 0 Å². The van der Waals surface area contributed by atoms with E-state index in [0.29, 0.717) is 12.2 Å². The van der Waals surface area contributed by atoms with Crippen molar-refractivity contribution >= 4 is 0 Å². The number of piperidine rings is 1. The van der Waals surface area contributed by atoms with Crippen LogP contribution in [-0.2, 0) is 0 Å². The first-order valence-corrected chi connectivity index (χ1v) is 7.37. The number of nitriles is 1. The standard InChI is InChI=1S/C16H23N3O/c17-8-7-15-2-1-9-19(13-15)10-11-20-16-5-3-14(12-18)4-6-16/h3-6,15H,1-2,7-11,13,17H2. The molecule has 1 aromatic rings. The molecule has 0 aliphatic carbocycles. The summed E-state index contributed by atoms with van der Waals surface area (Å²) in [7, 11) is 0. The molecule has 2 rings (SSSR count). The van der Waals surface area contributed by atoms with Crippen molar-refractivity contribution in [1.82, 2.24) is 4.90 Å². The van der Waals surface area contributed by atoms with Gasteiger partial charge in [0.15, 0.2) is 0 Å². The molecule has 2 N–H and O–H groups in total. The van der Waals surface area contributed by atoms with Crippen LogP contribution in [0.3, 0.4) is 0 Å². The molecule has 1 saturated heterocycles. The van der Waals surface area contributed by atoms with E-state index in [2.05, 4.69) is 11.0 Å². The number of hydrogen-bond donors (Lipinski definition) is 1. The molecule has 1 unspecified atom stereocenters. The van der Waals surface area contributed by atoms with E-state index in [9.17, 15) is 0 Å². The lowest BCUT2D eigenvalue weighted by atomic mass is 9.95. The van der Waals surface area contributed by atoms with E-state index in [0.717, 1.165) is 44.3 Å². The number of hydrogen-bond acceptors (Lipinski definition) is 4. The fourth-order valence-electron chi connectivity index (χ4n) is 2.74. The fourth-order valence-corrected chi connectivity index (χ4v) is 2.74. The predicted octanol–water partition coefficient (Wildman–Crippen LogP) is 2.00. The Morgan fingerprint density at radius 1 is 1.35 bits per heavy atom. The Hall–Kier alpha value is -1.57. The van der Waals surface area contributed by atoms with Crippen molar-refractivity contribution in [1.29, 1.82) is 5.26 Å².